The lowest BCUT2D eigenvalue weighted by atomic mass is 9.87. The summed E-state index contributed by atoms with van der Waals surface area (Å²) in [6.45, 7) is 8.69. The molecule has 7 nitrogen and oxygen atoms in total. The minimum absolute atomic E-state index is 0.375. The summed E-state index contributed by atoms with van der Waals surface area (Å²) in [5.74, 6) is -0.0558. The second-order valence-electron chi connectivity index (χ2n) is 5.79. The minimum Gasteiger partial charge on any atom is -0.480 e. The van der Waals surface area contributed by atoms with E-state index in [1.165, 1.54) is 0 Å². The van der Waals surface area contributed by atoms with Crippen LogP contribution in [0.1, 0.15) is 45.4 Å². The molecule has 20 heavy (non-hydrogen) atoms. The molecule has 0 aromatic carbocycles. The molecule has 0 aliphatic rings. The highest BCUT2D eigenvalue weighted by Gasteiger charge is 2.33. The number of nitrogens with one attached hydrogen (secondary N) is 2. The highest BCUT2D eigenvalue weighted by Crippen LogP contribution is 2.19. The van der Waals surface area contributed by atoms with E-state index in [2.05, 4.69) is 15.6 Å². The van der Waals surface area contributed by atoms with Gasteiger partial charge in [0, 0.05) is 0 Å². The fourth-order valence-corrected chi connectivity index (χ4v) is 1.65. The van der Waals surface area contributed by atoms with Crippen molar-refractivity contribution in [3.63, 3.8) is 0 Å². The maximum absolute atomic E-state index is 11.8. The van der Waals surface area contributed by atoms with Crippen LogP contribution in [-0.4, -0.2) is 28.1 Å². The quantitative estimate of drug-likeness (QED) is 0.782. The average molecular weight is 283 g/mol. The lowest BCUT2D eigenvalue weighted by Gasteiger charge is -2.28. The summed E-state index contributed by atoms with van der Waals surface area (Å²) < 4.78 is 5.30. The summed E-state index contributed by atoms with van der Waals surface area (Å²) in [7, 11) is 0. The Morgan fingerprint density at radius 2 is 1.95 bits per heavy atom. The molecular formula is C13H21N3O4. The molecule has 0 saturated carbocycles. The third-order valence-corrected chi connectivity index (χ3v) is 2.75. The van der Waals surface area contributed by atoms with Crippen LogP contribution in [0, 0.1) is 12.3 Å². The number of urea groups is 1. The molecule has 2 unspecified atom stereocenters. The Bertz CT molecular complexity index is 490. The van der Waals surface area contributed by atoms with Crippen LogP contribution in [0.4, 0.5) is 4.79 Å². The number of hydrogen-bond acceptors (Lipinski definition) is 4. The van der Waals surface area contributed by atoms with E-state index in [-0.39, 0.29) is 0 Å². The van der Waals surface area contributed by atoms with Gasteiger partial charge in [-0.05, 0) is 19.3 Å². The van der Waals surface area contributed by atoms with Crippen molar-refractivity contribution in [2.45, 2.75) is 46.7 Å². The summed E-state index contributed by atoms with van der Waals surface area (Å²) in [6.07, 6.45) is 1.56. The topological polar surface area (TPSA) is 104 Å². The van der Waals surface area contributed by atoms with Gasteiger partial charge in [-0.3, -0.25) is 0 Å². The second kappa shape index (κ2) is 5.94. The SMILES string of the molecule is Cc1cnc(C(C)NC(=O)NC(C(=O)O)C(C)(C)C)o1. The number of aliphatic carboxylic acids is 1. The van der Waals surface area contributed by atoms with Crippen molar-refractivity contribution in [3.8, 4) is 0 Å². The molecule has 1 heterocycles. The van der Waals surface area contributed by atoms with Crippen LogP contribution in [-0.2, 0) is 4.79 Å². The number of carbonyl (C=O) groups is 2. The Morgan fingerprint density at radius 3 is 2.35 bits per heavy atom. The van der Waals surface area contributed by atoms with Crippen molar-refractivity contribution in [2.24, 2.45) is 5.41 Å². The summed E-state index contributed by atoms with van der Waals surface area (Å²) in [4.78, 5) is 27.0. The number of amides is 2. The molecule has 0 spiro atoms. The number of aryl methyl sites for hydroxylation is 1. The summed E-state index contributed by atoms with van der Waals surface area (Å²) in [5.41, 5.74) is -0.591. The first kappa shape index (κ1) is 16.0. The van der Waals surface area contributed by atoms with Crippen molar-refractivity contribution in [3.05, 3.63) is 17.8 Å². The zero-order valence-corrected chi connectivity index (χ0v) is 12.4. The molecule has 3 N–H and O–H groups in total. The molecule has 2 amide bonds. The molecule has 1 aromatic rings. The van der Waals surface area contributed by atoms with Gasteiger partial charge in [0.1, 0.15) is 17.8 Å². The maximum atomic E-state index is 11.8. The van der Waals surface area contributed by atoms with E-state index in [1.807, 2.05) is 0 Å². The van der Waals surface area contributed by atoms with Gasteiger partial charge in [0.05, 0.1) is 6.20 Å². The van der Waals surface area contributed by atoms with Crippen LogP contribution in [0.25, 0.3) is 0 Å². The van der Waals surface area contributed by atoms with Crippen molar-refractivity contribution in [2.75, 3.05) is 0 Å². The minimum atomic E-state index is -1.08. The molecule has 7 heteroatoms. The smallest absolute Gasteiger partial charge is 0.326 e. The normalized spacial score (nSPS) is 14.4. The van der Waals surface area contributed by atoms with Crippen LogP contribution in [0.2, 0.25) is 0 Å². The highest BCUT2D eigenvalue weighted by atomic mass is 16.4. The van der Waals surface area contributed by atoms with Crippen molar-refractivity contribution >= 4 is 12.0 Å². The Morgan fingerprint density at radius 1 is 1.35 bits per heavy atom. The van der Waals surface area contributed by atoms with Crippen LogP contribution in [0.3, 0.4) is 0 Å². The Balaban J connectivity index is 2.65. The van der Waals surface area contributed by atoms with Crippen LogP contribution >= 0.6 is 0 Å². The standard InChI is InChI=1S/C13H21N3O4/c1-7-6-14-10(20-7)8(2)15-12(19)16-9(11(17)18)13(3,4)5/h6,8-9H,1-5H3,(H,17,18)(H2,15,16,19). The molecule has 1 aromatic heterocycles. The van der Waals surface area contributed by atoms with Gasteiger partial charge < -0.3 is 20.2 Å². The lowest BCUT2D eigenvalue weighted by molar-refractivity contribution is -0.141. The monoisotopic (exact) mass is 283 g/mol. The van der Waals surface area contributed by atoms with E-state index in [0.717, 1.165) is 0 Å². The number of hydrogen-bond donors (Lipinski definition) is 3. The van der Waals surface area contributed by atoms with E-state index in [0.29, 0.717) is 11.7 Å². The Labute approximate surface area is 117 Å². The van der Waals surface area contributed by atoms with Gasteiger partial charge in [0.25, 0.3) is 0 Å². The van der Waals surface area contributed by atoms with Gasteiger partial charge in [-0.25, -0.2) is 14.6 Å². The van der Waals surface area contributed by atoms with E-state index in [4.69, 9.17) is 9.52 Å². The fourth-order valence-electron chi connectivity index (χ4n) is 1.65. The number of rotatable bonds is 4. The number of carbonyl (C=O) groups excluding carboxylic acids is 1. The molecule has 0 aliphatic heterocycles. The first-order valence-electron chi connectivity index (χ1n) is 6.33. The van der Waals surface area contributed by atoms with E-state index >= 15 is 0 Å². The molecular weight excluding hydrogens is 262 g/mol. The molecule has 0 saturated heterocycles. The number of carboxylic acid groups (broad SMARTS) is 1. The maximum Gasteiger partial charge on any atom is 0.326 e. The molecule has 0 aliphatic carbocycles. The van der Waals surface area contributed by atoms with Crippen molar-refractivity contribution in [1.29, 1.82) is 0 Å². The number of aromatic nitrogens is 1. The summed E-state index contributed by atoms with van der Waals surface area (Å²) in [5, 5.41) is 14.2. The van der Waals surface area contributed by atoms with Gasteiger partial charge in [-0.1, -0.05) is 20.8 Å². The zero-order chi connectivity index (χ0) is 15.5. The predicted octanol–water partition coefficient (Wildman–Crippen LogP) is 1.84. The average Bonchev–Trinajstić information content (AvgIpc) is 2.70. The third kappa shape index (κ3) is 4.25. The highest BCUT2D eigenvalue weighted by molar-refractivity contribution is 5.83. The van der Waals surface area contributed by atoms with Crippen LogP contribution < -0.4 is 10.6 Å². The number of oxazole rings is 1. The fraction of sp³-hybridized carbons (Fsp3) is 0.615. The largest absolute Gasteiger partial charge is 0.480 e. The van der Waals surface area contributed by atoms with Crippen molar-refractivity contribution < 1.29 is 19.1 Å². The van der Waals surface area contributed by atoms with Gasteiger partial charge in [0.2, 0.25) is 5.89 Å². The molecule has 112 valence electrons. The molecule has 0 fully saturated rings. The van der Waals surface area contributed by atoms with Crippen LogP contribution in [0.5, 0.6) is 0 Å². The molecule has 0 radical (unpaired) electrons. The molecule has 0 bridgehead atoms. The van der Waals surface area contributed by atoms with Crippen molar-refractivity contribution in [1.82, 2.24) is 15.6 Å². The van der Waals surface area contributed by atoms with Gasteiger partial charge in [-0.2, -0.15) is 0 Å². The van der Waals surface area contributed by atoms with E-state index in [9.17, 15) is 9.59 Å². The lowest BCUT2D eigenvalue weighted by Crippen LogP contribution is -2.52. The Hall–Kier alpha value is -2.05. The number of nitrogens with zero attached hydrogens (tertiary/aromatic N) is 1. The first-order chi connectivity index (χ1) is 9.11. The van der Waals surface area contributed by atoms with Gasteiger partial charge in [0.15, 0.2) is 0 Å². The zero-order valence-electron chi connectivity index (χ0n) is 12.4. The predicted molar refractivity (Wildman–Crippen MR) is 72.2 cm³/mol. The second-order valence-corrected chi connectivity index (χ2v) is 5.79. The Kier molecular flexibility index (Phi) is 4.75. The van der Waals surface area contributed by atoms with Crippen LogP contribution in [0.15, 0.2) is 10.6 Å². The number of carboxylic acids is 1. The molecule has 2 atom stereocenters. The van der Waals surface area contributed by atoms with E-state index in [1.54, 1.807) is 40.8 Å². The summed E-state index contributed by atoms with van der Waals surface area (Å²) in [6, 6.07) is -2.00. The third-order valence-electron chi connectivity index (χ3n) is 2.75. The summed E-state index contributed by atoms with van der Waals surface area (Å²) >= 11 is 0. The van der Waals surface area contributed by atoms with Gasteiger partial charge in [-0.15, -0.1) is 0 Å². The molecule has 1 rings (SSSR count). The van der Waals surface area contributed by atoms with Gasteiger partial charge >= 0.3 is 12.0 Å². The first-order valence-corrected chi connectivity index (χ1v) is 6.33. The van der Waals surface area contributed by atoms with E-state index < -0.39 is 29.5 Å².